The van der Waals surface area contributed by atoms with Crippen LogP contribution in [0.3, 0.4) is 0 Å². The van der Waals surface area contributed by atoms with Crippen LogP contribution in [0.2, 0.25) is 0 Å². The van der Waals surface area contributed by atoms with Crippen molar-refractivity contribution in [1.29, 1.82) is 0 Å². The van der Waals surface area contributed by atoms with E-state index < -0.39 is 40.2 Å². The molecule has 5 rings (SSSR count). The lowest BCUT2D eigenvalue weighted by molar-refractivity contribution is -0.402. The summed E-state index contributed by atoms with van der Waals surface area (Å²) >= 11 is 1.38. The number of benzene rings is 2. The number of rotatable bonds is 9. The molecule has 11 heteroatoms. The lowest BCUT2D eigenvalue weighted by Gasteiger charge is -2.49. The molecule has 192 valence electrons. The fraction of sp³-hybridized carbons (Fsp3) is 0.148. The molecule has 10 nitrogen and oxygen atoms in total. The van der Waals surface area contributed by atoms with Crippen molar-refractivity contribution in [3.05, 3.63) is 117 Å². The van der Waals surface area contributed by atoms with Gasteiger partial charge in [0.15, 0.2) is 6.10 Å². The van der Waals surface area contributed by atoms with Crippen molar-refractivity contribution in [2.45, 2.75) is 17.5 Å². The summed E-state index contributed by atoms with van der Waals surface area (Å²) in [4.78, 5) is 49.3. The molecule has 0 saturated carbocycles. The molecule has 2 amide bonds. The number of allylic oxidation sites excluding steroid dienone is 1. The van der Waals surface area contributed by atoms with Crippen molar-refractivity contribution in [3.8, 4) is 0 Å². The molecule has 1 aromatic heterocycles. The average molecular weight is 532 g/mol. The van der Waals surface area contributed by atoms with Gasteiger partial charge in [-0.2, -0.15) is 0 Å². The van der Waals surface area contributed by atoms with E-state index in [1.54, 1.807) is 6.08 Å². The van der Waals surface area contributed by atoms with Crippen LogP contribution in [0, 0.1) is 10.1 Å². The number of carbonyl (C=O) groups excluding carboxylic acids is 3. The molecule has 1 saturated heterocycles. The molecule has 2 aliphatic rings. The monoisotopic (exact) mass is 531 g/mol. The minimum atomic E-state index is -0.752. The quantitative estimate of drug-likeness (QED) is 0.145. The Morgan fingerprint density at radius 3 is 2.32 bits per heavy atom. The molecule has 1 fully saturated rings. The van der Waals surface area contributed by atoms with Crippen molar-refractivity contribution in [3.63, 3.8) is 0 Å². The summed E-state index contributed by atoms with van der Waals surface area (Å²) in [7, 11) is 0. The number of nitrogens with one attached hydrogen (secondary N) is 1. The van der Waals surface area contributed by atoms with Gasteiger partial charge < -0.3 is 14.5 Å². The van der Waals surface area contributed by atoms with E-state index in [4.69, 9.17) is 9.15 Å². The largest absolute Gasteiger partial charge is 0.448 e. The highest BCUT2D eigenvalue weighted by Crippen LogP contribution is 2.42. The second-order valence-corrected chi connectivity index (χ2v) is 9.52. The van der Waals surface area contributed by atoms with E-state index in [1.165, 1.54) is 34.9 Å². The molecule has 2 aliphatic heterocycles. The Kier molecular flexibility index (Phi) is 7.09. The molecule has 0 spiro atoms. The fourth-order valence-corrected chi connectivity index (χ4v) is 5.64. The van der Waals surface area contributed by atoms with Gasteiger partial charge in [0.25, 0.3) is 5.91 Å². The van der Waals surface area contributed by atoms with Gasteiger partial charge in [0, 0.05) is 5.75 Å². The summed E-state index contributed by atoms with van der Waals surface area (Å²) < 4.78 is 11.2. The Morgan fingerprint density at radius 2 is 1.74 bits per heavy atom. The SMILES string of the molecule is O=CNC1C(=O)N2C(C(=O)OC(c3ccccc3)c3ccccc3)=C(C=Cc3ccc([N+](=O)[O-])o3)CS[C@H]12. The van der Waals surface area contributed by atoms with E-state index in [2.05, 4.69) is 5.32 Å². The van der Waals surface area contributed by atoms with Crippen LogP contribution in [-0.4, -0.2) is 45.3 Å². The van der Waals surface area contributed by atoms with Crippen molar-refractivity contribution in [1.82, 2.24) is 10.2 Å². The number of ether oxygens (including phenoxy) is 1. The molecule has 0 bridgehead atoms. The molecule has 1 unspecified atom stereocenters. The number of esters is 1. The fourth-order valence-electron chi connectivity index (χ4n) is 4.31. The van der Waals surface area contributed by atoms with Crippen LogP contribution in [-0.2, 0) is 19.1 Å². The van der Waals surface area contributed by atoms with Crippen LogP contribution < -0.4 is 5.32 Å². The topological polar surface area (TPSA) is 132 Å². The predicted molar refractivity (Wildman–Crippen MR) is 138 cm³/mol. The second-order valence-electron chi connectivity index (χ2n) is 8.42. The number of nitrogens with zero attached hydrogens (tertiary/aromatic N) is 2. The smallest absolute Gasteiger partial charge is 0.433 e. The first kappa shape index (κ1) is 25.0. The molecule has 1 N–H and O–H groups in total. The average Bonchev–Trinajstić information content (AvgIpc) is 3.43. The third-order valence-electron chi connectivity index (χ3n) is 6.11. The van der Waals surface area contributed by atoms with E-state index in [1.807, 2.05) is 60.7 Å². The van der Waals surface area contributed by atoms with Gasteiger partial charge in [0.1, 0.15) is 27.8 Å². The Hall–Kier alpha value is -4.64. The highest BCUT2D eigenvalue weighted by molar-refractivity contribution is 8.00. The third kappa shape index (κ3) is 4.83. The zero-order valence-electron chi connectivity index (χ0n) is 19.8. The van der Waals surface area contributed by atoms with Crippen LogP contribution in [0.25, 0.3) is 6.08 Å². The Balaban J connectivity index is 1.51. The molecular formula is C27H21N3O7S. The number of furan rings is 1. The molecule has 0 aliphatic carbocycles. The van der Waals surface area contributed by atoms with Crippen LogP contribution in [0.15, 0.2) is 94.6 Å². The highest BCUT2D eigenvalue weighted by Gasteiger charge is 2.53. The first-order valence-corrected chi connectivity index (χ1v) is 12.6. The van der Waals surface area contributed by atoms with Crippen molar-refractivity contribution in [2.24, 2.45) is 0 Å². The molecule has 2 aromatic carbocycles. The molecule has 0 radical (unpaired) electrons. The van der Waals surface area contributed by atoms with Crippen LogP contribution in [0.4, 0.5) is 5.88 Å². The maximum atomic E-state index is 13.8. The first-order valence-electron chi connectivity index (χ1n) is 11.6. The van der Waals surface area contributed by atoms with Crippen LogP contribution in [0.1, 0.15) is 23.0 Å². The standard InChI is InChI=1S/C27H21N3O7S/c31-16-28-22-25(32)29-23(19(15-38-26(22)29)11-12-20-13-14-21(36-20)30(34)35)27(33)37-24(17-7-3-1-4-8-17)18-9-5-2-6-10-18/h1-14,16,22,24,26H,15H2,(H,28,31)/t22?,26-/m1/s1. The maximum Gasteiger partial charge on any atom is 0.433 e. The van der Waals surface area contributed by atoms with E-state index >= 15 is 0 Å². The molecule has 3 heterocycles. The summed E-state index contributed by atoms with van der Waals surface area (Å²) in [6, 6.07) is 20.4. The summed E-state index contributed by atoms with van der Waals surface area (Å²) in [5.74, 6) is -1.01. The Morgan fingerprint density at radius 1 is 1.08 bits per heavy atom. The first-order chi connectivity index (χ1) is 18.5. The maximum absolute atomic E-state index is 13.8. The molecule has 3 aromatic rings. The minimum absolute atomic E-state index is 0.0527. The number of thioether (sulfide) groups is 1. The van der Waals surface area contributed by atoms with Gasteiger partial charge in [-0.25, -0.2) is 4.79 Å². The highest BCUT2D eigenvalue weighted by atomic mass is 32.2. The normalized spacial score (nSPS) is 18.8. The summed E-state index contributed by atoms with van der Waals surface area (Å²) in [6.45, 7) is 0. The van der Waals surface area contributed by atoms with Gasteiger partial charge in [-0.3, -0.25) is 24.6 Å². The molecule has 2 atom stereocenters. The number of β-lactam (4-membered cyclic amide) rings is 1. The number of nitro groups is 1. The van der Waals surface area contributed by atoms with Crippen LogP contribution in [0.5, 0.6) is 0 Å². The number of hydrogen-bond donors (Lipinski definition) is 1. The van der Waals surface area contributed by atoms with Crippen molar-refractivity contribution >= 4 is 42.0 Å². The number of hydrogen-bond acceptors (Lipinski definition) is 8. The zero-order valence-corrected chi connectivity index (χ0v) is 20.6. The van der Waals surface area contributed by atoms with Crippen LogP contribution >= 0.6 is 11.8 Å². The number of carbonyl (C=O) groups is 3. The minimum Gasteiger partial charge on any atom is -0.448 e. The van der Waals surface area contributed by atoms with Crippen molar-refractivity contribution in [2.75, 3.05) is 5.75 Å². The number of amides is 2. The van der Waals surface area contributed by atoms with Gasteiger partial charge in [0.05, 0.1) is 6.07 Å². The predicted octanol–water partition coefficient (Wildman–Crippen LogP) is 3.82. The van der Waals surface area contributed by atoms with Gasteiger partial charge in [0.2, 0.25) is 6.41 Å². The third-order valence-corrected chi connectivity index (χ3v) is 7.41. The zero-order chi connectivity index (χ0) is 26.6. The van der Waals surface area contributed by atoms with Gasteiger partial charge in [-0.15, -0.1) is 11.8 Å². The summed E-state index contributed by atoms with van der Waals surface area (Å²) in [5, 5.41) is 13.0. The van der Waals surface area contributed by atoms with E-state index in [-0.39, 0.29) is 11.5 Å². The van der Waals surface area contributed by atoms with Gasteiger partial charge >= 0.3 is 11.9 Å². The Bertz CT molecular complexity index is 1400. The lowest BCUT2D eigenvalue weighted by atomic mass is 10.0. The molecular weight excluding hydrogens is 510 g/mol. The van der Waals surface area contributed by atoms with E-state index in [0.29, 0.717) is 17.7 Å². The van der Waals surface area contributed by atoms with E-state index in [9.17, 15) is 24.5 Å². The van der Waals surface area contributed by atoms with Crippen molar-refractivity contribution < 1.29 is 28.5 Å². The summed E-state index contributed by atoms with van der Waals surface area (Å²) in [6.07, 6.45) is 2.80. The second kappa shape index (κ2) is 10.8. The summed E-state index contributed by atoms with van der Waals surface area (Å²) in [5.41, 5.74) is 2.04. The molecule has 38 heavy (non-hydrogen) atoms. The Labute approximate surface area is 221 Å². The lowest BCUT2D eigenvalue weighted by Crippen LogP contribution is -2.69. The van der Waals surface area contributed by atoms with Gasteiger partial charge in [-0.1, -0.05) is 66.7 Å². The van der Waals surface area contributed by atoms with Gasteiger partial charge in [-0.05, 0) is 28.8 Å². The number of fused-ring (bicyclic) bond motifs is 1. The van der Waals surface area contributed by atoms with E-state index in [0.717, 1.165) is 11.1 Å².